The molecule has 0 aromatic rings. The minimum absolute atomic E-state index is 0. The lowest BCUT2D eigenvalue weighted by atomic mass is 10.1. The summed E-state index contributed by atoms with van der Waals surface area (Å²) in [6.45, 7) is 11.8. The zero-order chi connectivity index (χ0) is 19.0. The van der Waals surface area contributed by atoms with E-state index in [1.54, 1.807) is 14.0 Å². The van der Waals surface area contributed by atoms with E-state index in [-0.39, 0.29) is 35.9 Å². The standard InChI is InChI=1S/C16H32N4O4.HI/c1-11(12(21)23-8)9-18-13(17-7)19-10-16(5,6)20-14(22)24-15(2,3)4;/h11H,9-10H2,1-8H3,(H,20,22)(H2,17,18,19);1H. The number of halogens is 1. The third-order valence-corrected chi connectivity index (χ3v) is 2.94. The van der Waals surface area contributed by atoms with Crippen molar-refractivity contribution < 1.29 is 19.1 Å². The first-order valence-corrected chi connectivity index (χ1v) is 7.93. The quantitative estimate of drug-likeness (QED) is 0.236. The molecule has 0 rings (SSSR count). The zero-order valence-electron chi connectivity index (χ0n) is 16.5. The fraction of sp³-hybridized carbons (Fsp3) is 0.812. The molecule has 0 aliphatic rings. The zero-order valence-corrected chi connectivity index (χ0v) is 18.8. The number of carbonyl (C=O) groups excluding carboxylic acids is 2. The average molecular weight is 472 g/mol. The number of ether oxygens (including phenoxy) is 2. The largest absolute Gasteiger partial charge is 0.469 e. The Morgan fingerprint density at radius 2 is 1.68 bits per heavy atom. The van der Waals surface area contributed by atoms with Crippen molar-refractivity contribution in [3.63, 3.8) is 0 Å². The molecule has 0 heterocycles. The van der Waals surface area contributed by atoms with Gasteiger partial charge in [-0.3, -0.25) is 9.79 Å². The smallest absolute Gasteiger partial charge is 0.408 e. The predicted molar refractivity (Wildman–Crippen MR) is 109 cm³/mol. The highest BCUT2D eigenvalue weighted by atomic mass is 127. The van der Waals surface area contributed by atoms with Gasteiger partial charge in [-0.15, -0.1) is 24.0 Å². The highest BCUT2D eigenvalue weighted by Crippen LogP contribution is 2.09. The van der Waals surface area contributed by atoms with Crippen LogP contribution >= 0.6 is 24.0 Å². The molecule has 1 atom stereocenters. The summed E-state index contributed by atoms with van der Waals surface area (Å²) in [6.07, 6.45) is -0.475. The number of hydrogen-bond acceptors (Lipinski definition) is 5. The Labute approximate surface area is 167 Å². The second-order valence-electron chi connectivity index (χ2n) is 7.24. The molecule has 0 saturated carbocycles. The van der Waals surface area contributed by atoms with Crippen LogP contribution in [0.25, 0.3) is 0 Å². The lowest BCUT2D eigenvalue weighted by Crippen LogP contribution is -2.54. The summed E-state index contributed by atoms with van der Waals surface area (Å²) in [5, 5.41) is 8.95. The number of rotatable bonds is 6. The number of nitrogens with one attached hydrogen (secondary N) is 3. The van der Waals surface area contributed by atoms with Crippen LogP contribution in [0.5, 0.6) is 0 Å². The monoisotopic (exact) mass is 472 g/mol. The predicted octanol–water partition coefficient (Wildman–Crippen LogP) is 1.88. The Hall–Kier alpha value is -1.26. The highest BCUT2D eigenvalue weighted by Gasteiger charge is 2.25. The Balaban J connectivity index is 0. The Morgan fingerprint density at radius 3 is 2.12 bits per heavy atom. The number of nitrogens with zero attached hydrogens (tertiary/aromatic N) is 1. The van der Waals surface area contributed by atoms with E-state index in [1.807, 2.05) is 34.6 Å². The van der Waals surface area contributed by atoms with Gasteiger partial charge in [-0.1, -0.05) is 6.92 Å². The lowest BCUT2D eigenvalue weighted by Gasteiger charge is -2.29. The van der Waals surface area contributed by atoms with Gasteiger partial charge in [-0.05, 0) is 34.6 Å². The Kier molecular flexibility index (Phi) is 11.8. The first-order chi connectivity index (χ1) is 10.9. The van der Waals surface area contributed by atoms with Crippen LogP contribution < -0.4 is 16.0 Å². The fourth-order valence-electron chi connectivity index (χ4n) is 1.68. The van der Waals surface area contributed by atoms with E-state index in [4.69, 9.17) is 4.74 Å². The molecular formula is C16H33IN4O4. The van der Waals surface area contributed by atoms with Gasteiger partial charge in [-0.25, -0.2) is 4.79 Å². The van der Waals surface area contributed by atoms with Crippen LogP contribution in [0.15, 0.2) is 4.99 Å². The normalized spacial score (nSPS) is 13.2. The second kappa shape index (κ2) is 11.4. The minimum atomic E-state index is -0.548. The highest BCUT2D eigenvalue weighted by molar-refractivity contribution is 14.0. The van der Waals surface area contributed by atoms with Crippen molar-refractivity contribution in [3.05, 3.63) is 0 Å². The van der Waals surface area contributed by atoms with Crippen LogP contribution in [0.3, 0.4) is 0 Å². The Bertz CT molecular complexity index is 462. The number of aliphatic imine (C=N–C) groups is 1. The van der Waals surface area contributed by atoms with Gasteiger partial charge in [0.25, 0.3) is 0 Å². The van der Waals surface area contributed by atoms with Crippen LogP contribution in [0.1, 0.15) is 41.5 Å². The summed E-state index contributed by atoms with van der Waals surface area (Å²) in [7, 11) is 2.99. The molecule has 0 bridgehead atoms. The molecule has 8 nitrogen and oxygen atoms in total. The number of esters is 1. The van der Waals surface area contributed by atoms with Gasteiger partial charge in [0.15, 0.2) is 5.96 Å². The summed E-state index contributed by atoms with van der Waals surface area (Å²) in [4.78, 5) is 27.3. The van der Waals surface area contributed by atoms with Gasteiger partial charge in [0.1, 0.15) is 5.60 Å². The maximum Gasteiger partial charge on any atom is 0.408 e. The van der Waals surface area contributed by atoms with Crippen LogP contribution in [0.4, 0.5) is 4.79 Å². The molecule has 148 valence electrons. The molecule has 0 radical (unpaired) electrons. The number of methoxy groups -OCH3 is 1. The van der Waals surface area contributed by atoms with E-state index in [0.717, 1.165) is 0 Å². The summed E-state index contributed by atoms with van der Waals surface area (Å²) < 4.78 is 9.92. The number of alkyl carbamates (subject to hydrolysis) is 1. The lowest BCUT2D eigenvalue weighted by molar-refractivity contribution is -0.144. The van der Waals surface area contributed by atoms with Gasteiger partial charge in [0, 0.05) is 20.1 Å². The van der Waals surface area contributed by atoms with Crippen molar-refractivity contribution in [1.82, 2.24) is 16.0 Å². The van der Waals surface area contributed by atoms with Crippen molar-refractivity contribution in [2.24, 2.45) is 10.9 Å². The van der Waals surface area contributed by atoms with Crippen molar-refractivity contribution >= 4 is 42.0 Å². The molecule has 0 aromatic carbocycles. The van der Waals surface area contributed by atoms with Crippen molar-refractivity contribution in [2.75, 3.05) is 27.2 Å². The van der Waals surface area contributed by atoms with E-state index < -0.39 is 17.2 Å². The first kappa shape index (κ1) is 26.0. The molecule has 0 aromatic heterocycles. The molecule has 1 amide bonds. The Morgan fingerprint density at radius 1 is 1.12 bits per heavy atom. The molecule has 0 aliphatic heterocycles. The maximum absolute atomic E-state index is 11.9. The summed E-state index contributed by atoms with van der Waals surface area (Å²) in [6, 6.07) is 0. The first-order valence-electron chi connectivity index (χ1n) is 7.93. The number of hydrogen-bond donors (Lipinski definition) is 3. The van der Waals surface area contributed by atoms with Crippen molar-refractivity contribution in [1.29, 1.82) is 0 Å². The second-order valence-corrected chi connectivity index (χ2v) is 7.24. The van der Waals surface area contributed by atoms with Gasteiger partial charge >= 0.3 is 12.1 Å². The van der Waals surface area contributed by atoms with Crippen molar-refractivity contribution in [3.8, 4) is 0 Å². The van der Waals surface area contributed by atoms with E-state index in [2.05, 4.69) is 25.7 Å². The summed E-state index contributed by atoms with van der Waals surface area (Å²) in [5.74, 6) is -0.0452. The third kappa shape index (κ3) is 12.7. The summed E-state index contributed by atoms with van der Waals surface area (Å²) >= 11 is 0. The van der Waals surface area contributed by atoms with Crippen molar-refractivity contribution in [2.45, 2.75) is 52.7 Å². The molecule has 0 fully saturated rings. The van der Waals surface area contributed by atoms with E-state index in [1.165, 1.54) is 7.11 Å². The SMILES string of the molecule is CN=C(NCC(C)C(=O)OC)NCC(C)(C)NC(=O)OC(C)(C)C.I. The molecule has 3 N–H and O–H groups in total. The van der Waals surface area contributed by atoms with Gasteiger partial charge < -0.3 is 25.4 Å². The molecule has 9 heteroatoms. The number of guanidine groups is 1. The molecule has 0 spiro atoms. The van der Waals surface area contributed by atoms with Gasteiger partial charge in [0.05, 0.1) is 18.6 Å². The number of amides is 1. The fourth-order valence-corrected chi connectivity index (χ4v) is 1.68. The molecule has 1 unspecified atom stereocenters. The van der Waals surface area contributed by atoms with Crippen LogP contribution in [0, 0.1) is 5.92 Å². The van der Waals surface area contributed by atoms with Gasteiger partial charge in [-0.2, -0.15) is 0 Å². The number of carbonyl (C=O) groups is 2. The molecule has 25 heavy (non-hydrogen) atoms. The average Bonchev–Trinajstić information content (AvgIpc) is 2.43. The van der Waals surface area contributed by atoms with E-state index >= 15 is 0 Å². The van der Waals surface area contributed by atoms with Crippen LogP contribution in [0.2, 0.25) is 0 Å². The van der Waals surface area contributed by atoms with Gasteiger partial charge in [0.2, 0.25) is 0 Å². The van der Waals surface area contributed by atoms with Crippen LogP contribution in [-0.4, -0.2) is 56.4 Å². The molecule has 0 aliphatic carbocycles. The third-order valence-electron chi connectivity index (χ3n) is 2.94. The minimum Gasteiger partial charge on any atom is -0.469 e. The van der Waals surface area contributed by atoms with Crippen LogP contribution in [-0.2, 0) is 14.3 Å². The molecular weight excluding hydrogens is 439 g/mol. The topological polar surface area (TPSA) is 101 Å². The molecule has 0 saturated heterocycles. The van der Waals surface area contributed by atoms with E-state index in [9.17, 15) is 9.59 Å². The van der Waals surface area contributed by atoms with E-state index in [0.29, 0.717) is 19.0 Å². The maximum atomic E-state index is 11.9. The summed E-state index contributed by atoms with van der Waals surface area (Å²) in [5.41, 5.74) is -1.09.